The van der Waals surface area contributed by atoms with Gasteiger partial charge in [0, 0.05) is 37.8 Å². The first-order valence-electron chi connectivity index (χ1n) is 6.62. The quantitative estimate of drug-likeness (QED) is 0.659. The Morgan fingerprint density at radius 3 is 2.37 bits per heavy atom. The van der Waals surface area contributed by atoms with Crippen molar-refractivity contribution in [3.8, 4) is 0 Å². The minimum absolute atomic E-state index is 0.0538. The average Bonchev–Trinajstić information content (AvgIpc) is 2.38. The number of anilines is 1. The molecule has 1 heterocycles. The van der Waals surface area contributed by atoms with Crippen LogP contribution in [-0.2, 0) is 0 Å². The van der Waals surface area contributed by atoms with Crippen LogP contribution in [0.3, 0.4) is 0 Å². The standard InChI is InChI=1S/C14H21ClN4/c1-10(2)18-5-7-19(8-6-18)13-4-3-11(14(16)17)9-12(13)15/h3-4,9-10H,5-8H2,1-2H3,(H3,16,17). The number of amidine groups is 1. The molecule has 0 aliphatic carbocycles. The number of benzene rings is 1. The van der Waals surface area contributed by atoms with E-state index in [4.69, 9.17) is 22.7 Å². The summed E-state index contributed by atoms with van der Waals surface area (Å²) in [4.78, 5) is 4.76. The van der Waals surface area contributed by atoms with Gasteiger partial charge in [-0.05, 0) is 32.0 Å². The fraction of sp³-hybridized carbons (Fsp3) is 0.500. The first-order valence-corrected chi connectivity index (χ1v) is 7.00. The van der Waals surface area contributed by atoms with E-state index < -0.39 is 0 Å². The molecule has 0 atom stereocenters. The summed E-state index contributed by atoms with van der Waals surface area (Å²) < 4.78 is 0. The first-order chi connectivity index (χ1) is 8.99. The molecule has 5 heteroatoms. The topological polar surface area (TPSA) is 56.4 Å². The van der Waals surface area contributed by atoms with E-state index in [1.165, 1.54) is 0 Å². The first kappa shape index (κ1) is 14.2. The highest BCUT2D eigenvalue weighted by Crippen LogP contribution is 2.27. The number of hydrogen-bond acceptors (Lipinski definition) is 3. The molecule has 104 valence electrons. The molecule has 0 spiro atoms. The zero-order valence-electron chi connectivity index (χ0n) is 11.5. The summed E-state index contributed by atoms with van der Waals surface area (Å²) in [6, 6.07) is 6.19. The van der Waals surface area contributed by atoms with Crippen LogP contribution in [0.4, 0.5) is 5.69 Å². The van der Waals surface area contributed by atoms with Gasteiger partial charge in [-0.15, -0.1) is 0 Å². The zero-order chi connectivity index (χ0) is 14.0. The summed E-state index contributed by atoms with van der Waals surface area (Å²) in [5.41, 5.74) is 7.18. The molecule has 1 aromatic carbocycles. The van der Waals surface area contributed by atoms with Crippen LogP contribution < -0.4 is 10.6 Å². The molecular formula is C14H21ClN4. The van der Waals surface area contributed by atoms with E-state index in [2.05, 4.69) is 23.6 Å². The number of nitrogens with zero attached hydrogens (tertiary/aromatic N) is 2. The minimum Gasteiger partial charge on any atom is -0.384 e. The third kappa shape index (κ3) is 3.19. The van der Waals surface area contributed by atoms with Crippen LogP contribution in [-0.4, -0.2) is 43.0 Å². The van der Waals surface area contributed by atoms with Gasteiger partial charge in [0.05, 0.1) is 10.7 Å². The molecule has 1 aliphatic rings. The molecule has 3 N–H and O–H groups in total. The van der Waals surface area contributed by atoms with Crippen LogP contribution in [0.25, 0.3) is 0 Å². The van der Waals surface area contributed by atoms with E-state index in [0.29, 0.717) is 16.6 Å². The van der Waals surface area contributed by atoms with E-state index in [-0.39, 0.29) is 5.84 Å². The van der Waals surface area contributed by atoms with Gasteiger partial charge < -0.3 is 10.6 Å². The number of nitrogen functional groups attached to an aromatic ring is 1. The van der Waals surface area contributed by atoms with Gasteiger partial charge in [-0.25, -0.2) is 0 Å². The Labute approximate surface area is 119 Å². The molecule has 0 bridgehead atoms. The zero-order valence-corrected chi connectivity index (χ0v) is 12.2. The summed E-state index contributed by atoms with van der Waals surface area (Å²) in [6.07, 6.45) is 0. The largest absolute Gasteiger partial charge is 0.384 e. The third-order valence-corrected chi connectivity index (χ3v) is 3.95. The molecule has 1 aliphatic heterocycles. The number of piperazine rings is 1. The van der Waals surface area contributed by atoms with Crippen molar-refractivity contribution in [2.24, 2.45) is 5.73 Å². The van der Waals surface area contributed by atoms with Crippen molar-refractivity contribution in [3.63, 3.8) is 0 Å². The van der Waals surface area contributed by atoms with Crippen molar-refractivity contribution < 1.29 is 0 Å². The van der Waals surface area contributed by atoms with Crippen LogP contribution in [0.1, 0.15) is 19.4 Å². The highest BCUT2D eigenvalue weighted by molar-refractivity contribution is 6.33. The van der Waals surface area contributed by atoms with E-state index in [0.717, 1.165) is 31.9 Å². The van der Waals surface area contributed by atoms with Crippen molar-refractivity contribution >= 4 is 23.1 Å². The Morgan fingerprint density at radius 1 is 1.26 bits per heavy atom. The Morgan fingerprint density at radius 2 is 1.89 bits per heavy atom. The molecular weight excluding hydrogens is 260 g/mol. The Bertz CT molecular complexity index is 465. The number of halogens is 1. The molecule has 4 nitrogen and oxygen atoms in total. The van der Waals surface area contributed by atoms with Gasteiger partial charge in [0.25, 0.3) is 0 Å². The molecule has 1 saturated heterocycles. The maximum atomic E-state index is 7.42. The predicted molar refractivity (Wildman–Crippen MR) is 81.4 cm³/mol. The highest BCUT2D eigenvalue weighted by atomic mass is 35.5. The van der Waals surface area contributed by atoms with Crippen LogP contribution in [0.15, 0.2) is 18.2 Å². The molecule has 0 radical (unpaired) electrons. The molecule has 0 amide bonds. The van der Waals surface area contributed by atoms with Crippen LogP contribution >= 0.6 is 11.6 Å². The average molecular weight is 281 g/mol. The van der Waals surface area contributed by atoms with Crippen molar-refractivity contribution in [2.45, 2.75) is 19.9 Å². The fourth-order valence-electron chi connectivity index (χ4n) is 2.41. The van der Waals surface area contributed by atoms with Gasteiger partial charge in [-0.3, -0.25) is 10.3 Å². The Kier molecular flexibility index (Phi) is 4.32. The van der Waals surface area contributed by atoms with Crippen LogP contribution in [0.2, 0.25) is 5.02 Å². The maximum absolute atomic E-state index is 7.42. The summed E-state index contributed by atoms with van der Waals surface area (Å²) in [5.74, 6) is 0.0538. The molecule has 0 saturated carbocycles. The lowest BCUT2D eigenvalue weighted by molar-refractivity contribution is 0.209. The molecule has 0 unspecified atom stereocenters. The predicted octanol–water partition coefficient (Wildman–Crippen LogP) is 2.15. The second-order valence-corrected chi connectivity index (χ2v) is 5.60. The lowest BCUT2D eigenvalue weighted by atomic mass is 10.1. The van der Waals surface area contributed by atoms with E-state index in [9.17, 15) is 0 Å². The van der Waals surface area contributed by atoms with E-state index >= 15 is 0 Å². The van der Waals surface area contributed by atoms with Gasteiger partial charge >= 0.3 is 0 Å². The highest BCUT2D eigenvalue weighted by Gasteiger charge is 2.20. The number of rotatable bonds is 3. The lowest BCUT2D eigenvalue weighted by Gasteiger charge is -2.38. The van der Waals surface area contributed by atoms with Gasteiger partial charge in [-0.2, -0.15) is 0 Å². The smallest absolute Gasteiger partial charge is 0.122 e. The SMILES string of the molecule is CC(C)N1CCN(c2ccc(C(=N)N)cc2Cl)CC1. The van der Waals surface area contributed by atoms with E-state index in [1.807, 2.05) is 12.1 Å². The molecule has 1 fully saturated rings. The van der Waals surface area contributed by atoms with Crippen molar-refractivity contribution in [1.29, 1.82) is 5.41 Å². The second kappa shape index (κ2) is 5.80. The van der Waals surface area contributed by atoms with Crippen molar-refractivity contribution in [1.82, 2.24) is 4.90 Å². The van der Waals surface area contributed by atoms with Crippen molar-refractivity contribution in [3.05, 3.63) is 28.8 Å². The Balaban J connectivity index is 2.09. The number of nitrogens with one attached hydrogen (secondary N) is 1. The minimum atomic E-state index is 0.0538. The monoisotopic (exact) mass is 280 g/mol. The second-order valence-electron chi connectivity index (χ2n) is 5.20. The number of hydrogen-bond donors (Lipinski definition) is 2. The van der Waals surface area contributed by atoms with Crippen molar-refractivity contribution in [2.75, 3.05) is 31.1 Å². The normalized spacial score (nSPS) is 16.9. The van der Waals surface area contributed by atoms with Gasteiger partial charge in [0.15, 0.2) is 0 Å². The van der Waals surface area contributed by atoms with Crippen LogP contribution in [0, 0.1) is 5.41 Å². The molecule has 19 heavy (non-hydrogen) atoms. The lowest BCUT2D eigenvalue weighted by Crippen LogP contribution is -2.49. The summed E-state index contributed by atoms with van der Waals surface area (Å²) in [7, 11) is 0. The fourth-order valence-corrected chi connectivity index (χ4v) is 2.71. The van der Waals surface area contributed by atoms with Gasteiger partial charge in [0.1, 0.15) is 5.84 Å². The maximum Gasteiger partial charge on any atom is 0.122 e. The summed E-state index contributed by atoms with van der Waals surface area (Å²) in [6.45, 7) is 8.54. The third-order valence-electron chi connectivity index (χ3n) is 3.64. The molecule has 0 aromatic heterocycles. The van der Waals surface area contributed by atoms with Gasteiger partial charge in [-0.1, -0.05) is 11.6 Å². The van der Waals surface area contributed by atoms with E-state index in [1.54, 1.807) is 6.07 Å². The summed E-state index contributed by atoms with van der Waals surface area (Å²) >= 11 is 6.30. The van der Waals surface area contributed by atoms with Crippen LogP contribution in [0.5, 0.6) is 0 Å². The molecule has 1 aromatic rings. The Hall–Kier alpha value is -1.26. The number of nitrogens with two attached hydrogens (primary N) is 1. The van der Waals surface area contributed by atoms with Gasteiger partial charge in [0.2, 0.25) is 0 Å². The summed E-state index contributed by atoms with van der Waals surface area (Å²) in [5, 5.41) is 8.09. The molecule has 2 rings (SSSR count).